The lowest BCUT2D eigenvalue weighted by Gasteiger charge is -2.13. The monoisotopic (exact) mass is 257 g/mol. The quantitative estimate of drug-likeness (QED) is 0.877. The topological polar surface area (TPSA) is 46.2 Å². The van der Waals surface area contributed by atoms with Crippen LogP contribution in [0, 0.1) is 11.7 Å². The summed E-state index contributed by atoms with van der Waals surface area (Å²) in [6, 6.07) is 5.54. The Morgan fingerprint density at radius 1 is 1.35 bits per heavy atom. The molecule has 0 saturated heterocycles. The standard InChI is InChI=1S/C12H16FNO2S/c1-9(11-4-5-11)14-17(15,16)8-10-2-6-12(13)7-3-10/h2-3,6-7,9,11,14H,4-5,8H2,1H3. The Kier molecular flexibility index (Phi) is 3.49. The van der Waals surface area contributed by atoms with E-state index in [1.54, 1.807) is 0 Å². The van der Waals surface area contributed by atoms with Crippen molar-refractivity contribution in [1.29, 1.82) is 0 Å². The Balaban J connectivity index is 1.98. The molecule has 1 unspecified atom stereocenters. The summed E-state index contributed by atoms with van der Waals surface area (Å²) in [6.07, 6.45) is 2.19. The molecule has 1 N–H and O–H groups in total. The first-order valence-electron chi connectivity index (χ1n) is 5.71. The maximum Gasteiger partial charge on any atom is 0.216 e. The van der Waals surface area contributed by atoms with Gasteiger partial charge in [-0.2, -0.15) is 0 Å². The van der Waals surface area contributed by atoms with Crippen LogP contribution in [0.5, 0.6) is 0 Å². The summed E-state index contributed by atoms with van der Waals surface area (Å²) in [7, 11) is -3.32. The molecule has 0 spiro atoms. The zero-order chi connectivity index (χ0) is 12.5. The van der Waals surface area contributed by atoms with Crippen LogP contribution in [-0.4, -0.2) is 14.5 Å². The molecule has 0 heterocycles. The van der Waals surface area contributed by atoms with Gasteiger partial charge in [-0.25, -0.2) is 17.5 Å². The lowest BCUT2D eigenvalue weighted by Crippen LogP contribution is -2.34. The van der Waals surface area contributed by atoms with Gasteiger partial charge in [0, 0.05) is 6.04 Å². The van der Waals surface area contributed by atoms with E-state index in [4.69, 9.17) is 0 Å². The molecule has 17 heavy (non-hydrogen) atoms. The molecule has 1 aliphatic rings. The van der Waals surface area contributed by atoms with E-state index in [-0.39, 0.29) is 17.6 Å². The van der Waals surface area contributed by atoms with Gasteiger partial charge in [-0.05, 0) is 43.4 Å². The molecule has 1 fully saturated rings. The molecule has 0 radical (unpaired) electrons. The number of sulfonamides is 1. The minimum absolute atomic E-state index is 0.000415. The zero-order valence-electron chi connectivity index (χ0n) is 9.69. The second-order valence-electron chi connectivity index (χ2n) is 4.63. The molecule has 0 amide bonds. The van der Waals surface area contributed by atoms with Crippen molar-refractivity contribution in [1.82, 2.24) is 4.72 Å². The molecule has 1 saturated carbocycles. The van der Waals surface area contributed by atoms with Gasteiger partial charge in [0.25, 0.3) is 0 Å². The van der Waals surface area contributed by atoms with Crippen molar-refractivity contribution < 1.29 is 12.8 Å². The van der Waals surface area contributed by atoms with Crippen LogP contribution in [0.2, 0.25) is 0 Å². The fourth-order valence-electron chi connectivity index (χ4n) is 1.82. The van der Waals surface area contributed by atoms with Crippen molar-refractivity contribution in [3.05, 3.63) is 35.6 Å². The third kappa shape index (κ3) is 3.78. The van der Waals surface area contributed by atoms with Gasteiger partial charge < -0.3 is 0 Å². The maximum atomic E-state index is 12.7. The smallest absolute Gasteiger partial charge is 0.212 e. The molecule has 3 nitrogen and oxygen atoms in total. The fraction of sp³-hybridized carbons (Fsp3) is 0.500. The van der Waals surface area contributed by atoms with E-state index in [0.29, 0.717) is 11.5 Å². The van der Waals surface area contributed by atoms with E-state index in [2.05, 4.69) is 4.72 Å². The SMILES string of the molecule is CC(NS(=O)(=O)Cc1ccc(F)cc1)C1CC1. The highest BCUT2D eigenvalue weighted by Gasteiger charge is 2.30. The maximum absolute atomic E-state index is 12.7. The van der Waals surface area contributed by atoms with Gasteiger partial charge in [-0.3, -0.25) is 0 Å². The normalized spacial score (nSPS) is 18.0. The summed E-state index contributed by atoms with van der Waals surface area (Å²) in [4.78, 5) is 0. The van der Waals surface area contributed by atoms with Gasteiger partial charge >= 0.3 is 0 Å². The first-order valence-corrected chi connectivity index (χ1v) is 7.36. The predicted octanol–water partition coefficient (Wildman–Crippen LogP) is 2.04. The molecule has 2 rings (SSSR count). The molecule has 0 aromatic heterocycles. The van der Waals surface area contributed by atoms with Crippen LogP contribution in [0.3, 0.4) is 0 Å². The molecular formula is C12H16FNO2S. The van der Waals surface area contributed by atoms with E-state index < -0.39 is 10.0 Å². The average molecular weight is 257 g/mol. The summed E-state index contributed by atoms with van der Waals surface area (Å²) >= 11 is 0. The Morgan fingerprint density at radius 3 is 2.47 bits per heavy atom. The lowest BCUT2D eigenvalue weighted by molar-refractivity contribution is 0.537. The van der Waals surface area contributed by atoms with Crippen LogP contribution in [0.15, 0.2) is 24.3 Å². The third-order valence-electron chi connectivity index (χ3n) is 2.96. The fourth-order valence-corrected chi connectivity index (χ4v) is 3.29. The predicted molar refractivity (Wildman–Crippen MR) is 64.3 cm³/mol. The number of halogens is 1. The van der Waals surface area contributed by atoms with Gasteiger partial charge in [0.2, 0.25) is 10.0 Å². The number of hydrogen-bond acceptors (Lipinski definition) is 2. The van der Waals surface area contributed by atoms with Crippen molar-refractivity contribution in [3.8, 4) is 0 Å². The summed E-state index contributed by atoms with van der Waals surface area (Å²) in [6.45, 7) is 1.89. The number of hydrogen-bond donors (Lipinski definition) is 1. The highest BCUT2D eigenvalue weighted by Crippen LogP contribution is 2.32. The van der Waals surface area contributed by atoms with Crippen molar-refractivity contribution in [2.45, 2.75) is 31.6 Å². The summed E-state index contributed by atoms with van der Waals surface area (Å²) in [5.41, 5.74) is 0.599. The summed E-state index contributed by atoms with van der Waals surface area (Å²) in [5.74, 6) is 0.0353. The number of rotatable bonds is 5. The number of benzene rings is 1. The molecule has 1 aliphatic carbocycles. The first kappa shape index (κ1) is 12.5. The van der Waals surface area contributed by atoms with Crippen LogP contribution in [0.1, 0.15) is 25.3 Å². The van der Waals surface area contributed by atoms with Crippen LogP contribution in [-0.2, 0) is 15.8 Å². The van der Waals surface area contributed by atoms with Crippen molar-refractivity contribution in [2.24, 2.45) is 5.92 Å². The van der Waals surface area contributed by atoms with Gasteiger partial charge in [0.05, 0.1) is 5.75 Å². The summed E-state index contributed by atoms with van der Waals surface area (Å²) in [5, 5.41) is 0. The lowest BCUT2D eigenvalue weighted by atomic mass is 10.2. The molecular weight excluding hydrogens is 241 g/mol. The van der Waals surface area contributed by atoms with E-state index in [1.807, 2.05) is 6.92 Å². The third-order valence-corrected chi connectivity index (χ3v) is 4.41. The largest absolute Gasteiger partial charge is 0.216 e. The van der Waals surface area contributed by atoms with Gasteiger partial charge in [0.15, 0.2) is 0 Å². The van der Waals surface area contributed by atoms with Gasteiger partial charge in [-0.15, -0.1) is 0 Å². The second-order valence-corrected chi connectivity index (χ2v) is 6.38. The van der Waals surface area contributed by atoms with Crippen LogP contribution in [0.4, 0.5) is 4.39 Å². The summed E-state index contributed by atoms with van der Waals surface area (Å²) < 4.78 is 39.0. The molecule has 0 bridgehead atoms. The van der Waals surface area contributed by atoms with Crippen LogP contribution < -0.4 is 4.72 Å². The zero-order valence-corrected chi connectivity index (χ0v) is 10.5. The van der Waals surface area contributed by atoms with E-state index in [9.17, 15) is 12.8 Å². The molecule has 1 aromatic rings. The Labute approximate surface area is 101 Å². The molecule has 5 heteroatoms. The van der Waals surface area contributed by atoms with Crippen LogP contribution >= 0.6 is 0 Å². The second kappa shape index (κ2) is 4.74. The highest BCUT2D eigenvalue weighted by molar-refractivity contribution is 7.88. The minimum atomic E-state index is -3.32. The molecule has 0 aliphatic heterocycles. The van der Waals surface area contributed by atoms with E-state index in [0.717, 1.165) is 12.8 Å². The highest BCUT2D eigenvalue weighted by atomic mass is 32.2. The Hall–Kier alpha value is -0.940. The van der Waals surface area contributed by atoms with Gasteiger partial charge in [-0.1, -0.05) is 12.1 Å². The van der Waals surface area contributed by atoms with Crippen LogP contribution in [0.25, 0.3) is 0 Å². The molecule has 1 atom stereocenters. The number of nitrogens with one attached hydrogen (secondary N) is 1. The molecule has 94 valence electrons. The van der Waals surface area contributed by atoms with E-state index >= 15 is 0 Å². The first-order chi connectivity index (χ1) is 7.96. The van der Waals surface area contributed by atoms with Gasteiger partial charge in [0.1, 0.15) is 5.82 Å². The average Bonchev–Trinajstić information content (AvgIpc) is 3.03. The Morgan fingerprint density at radius 2 is 1.94 bits per heavy atom. The van der Waals surface area contributed by atoms with Crippen molar-refractivity contribution in [2.75, 3.05) is 0 Å². The van der Waals surface area contributed by atoms with E-state index in [1.165, 1.54) is 24.3 Å². The van der Waals surface area contributed by atoms with Crippen molar-refractivity contribution in [3.63, 3.8) is 0 Å². The minimum Gasteiger partial charge on any atom is -0.212 e. The molecule has 1 aromatic carbocycles. The Bertz CT molecular complexity index is 480. The van der Waals surface area contributed by atoms with Crippen molar-refractivity contribution >= 4 is 10.0 Å².